The Morgan fingerprint density at radius 2 is 2.00 bits per heavy atom. The summed E-state index contributed by atoms with van der Waals surface area (Å²) < 4.78 is 18.6. The number of halogens is 1. The van der Waals surface area contributed by atoms with E-state index in [0.717, 1.165) is 35.7 Å². The summed E-state index contributed by atoms with van der Waals surface area (Å²) in [6.45, 7) is 3.43. The molecule has 1 fully saturated rings. The molecule has 1 aromatic heterocycles. The van der Waals surface area contributed by atoms with Crippen molar-refractivity contribution in [2.75, 3.05) is 33.3 Å². The van der Waals surface area contributed by atoms with Crippen LogP contribution in [0.25, 0.3) is 11.0 Å². The maximum absolute atomic E-state index is 13.3. The van der Waals surface area contributed by atoms with E-state index in [1.54, 1.807) is 24.1 Å². The molecule has 0 aliphatic carbocycles. The zero-order valence-electron chi connectivity index (χ0n) is 15.1. The largest absolute Gasteiger partial charge is 0.497 e. The Morgan fingerprint density at radius 3 is 2.74 bits per heavy atom. The molecule has 0 spiro atoms. The zero-order valence-corrected chi connectivity index (χ0v) is 15.1. The number of methoxy groups -OCH3 is 1. The predicted molar refractivity (Wildman–Crippen MR) is 100 cm³/mol. The van der Waals surface area contributed by atoms with Gasteiger partial charge in [-0.25, -0.2) is 9.37 Å². The first-order chi connectivity index (χ1) is 13.1. The summed E-state index contributed by atoms with van der Waals surface area (Å²) in [5, 5.41) is 0. The Hall–Kier alpha value is -2.93. The summed E-state index contributed by atoms with van der Waals surface area (Å²) in [7, 11) is 1.64. The van der Waals surface area contributed by atoms with Crippen LogP contribution in [0.5, 0.6) is 5.75 Å². The average Bonchev–Trinajstić information content (AvgIpc) is 3.09. The van der Waals surface area contributed by atoms with Gasteiger partial charge in [-0.3, -0.25) is 9.69 Å². The summed E-state index contributed by atoms with van der Waals surface area (Å²) >= 11 is 0. The van der Waals surface area contributed by atoms with Crippen LogP contribution in [0.4, 0.5) is 4.39 Å². The van der Waals surface area contributed by atoms with Gasteiger partial charge in [0.15, 0.2) is 0 Å². The fourth-order valence-corrected chi connectivity index (χ4v) is 3.37. The number of ether oxygens (including phenoxy) is 1. The van der Waals surface area contributed by atoms with Gasteiger partial charge in [0.05, 0.1) is 24.7 Å². The van der Waals surface area contributed by atoms with Gasteiger partial charge >= 0.3 is 0 Å². The van der Waals surface area contributed by atoms with Crippen molar-refractivity contribution in [3.05, 3.63) is 59.7 Å². The molecule has 140 valence electrons. The van der Waals surface area contributed by atoms with Crippen LogP contribution in [0.15, 0.2) is 42.5 Å². The van der Waals surface area contributed by atoms with Crippen molar-refractivity contribution in [1.82, 2.24) is 19.8 Å². The van der Waals surface area contributed by atoms with Gasteiger partial charge in [-0.15, -0.1) is 0 Å². The third-order valence-electron chi connectivity index (χ3n) is 4.84. The van der Waals surface area contributed by atoms with Gasteiger partial charge in [0.2, 0.25) is 0 Å². The lowest BCUT2D eigenvalue weighted by atomic mass is 10.1. The lowest BCUT2D eigenvalue weighted by Gasteiger charge is -2.34. The summed E-state index contributed by atoms with van der Waals surface area (Å²) in [6, 6.07) is 11.6. The minimum atomic E-state index is -0.388. The molecule has 6 nitrogen and oxygen atoms in total. The fraction of sp³-hybridized carbons (Fsp3) is 0.300. The number of hydrogen-bond acceptors (Lipinski definition) is 4. The molecular weight excluding hydrogens is 347 g/mol. The van der Waals surface area contributed by atoms with E-state index in [9.17, 15) is 9.18 Å². The number of aromatic amines is 1. The highest BCUT2D eigenvalue weighted by Crippen LogP contribution is 2.19. The second kappa shape index (κ2) is 7.36. The van der Waals surface area contributed by atoms with E-state index in [-0.39, 0.29) is 11.7 Å². The molecule has 7 heteroatoms. The van der Waals surface area contributed by atoms with Crippen molar-refractivity contribution in [3.63, 3.8) is 0 Å². The number of amides is 1. The summed E-state index contributed by atoms with van der Waals surface area (Å²) in [5.41, 5.74) is 2.25. The van der Waals surface area contributed by atoms with Gasteiger partial charge in [0.25, 0.3) is 5.91 Å². The number of aromatic nitrogens is 2. The molecule has 1 aliphatic heterocycles. The van der Waals surface area contributed by atoms with Gasteiger partial charge in [-0.1, -0.05) is 6.07 Å². The van der Waals surface area contributed by atoms with Crippen molar-refractivity contribution in [2.24, 2.45) is 0 Å². The average molecular weight is 368 g/mol. The van der Waals surface area contributed by atoms with Crippen LogP contribution in [0.1, 0.15) is 16.2 Å². The summed E-state index contributed by atoms with van der Waals surface area (Å²) in [4.78, 5) is 24.5. The number of fused-ring (bicyclic) bond motifs is 1. The quantitative estimate of drug-likeness (QED) is 0.769. The van der Waals surface area contributed by atoms with E-state index < -0.39 is 0 Å². The van der Waals surface area contributed by atoms with Crippen LogP contribution < -0.4 is 4.74 Å². The number of imidazole rings is 1. The van der Waals surface area contributed by atoms with Crippen LogP contribution >= 0.6 is 0 Å². The minimum Gasteiger partial charge on any atom is -0.497 e. The lowest BCUT2D eigenvalue weighted by Crippen LogP contribution is -2.48. The molecule has 1 N–H and O–H groups in total. The van der Waals surface area contributed by atoms with Gasteiger partial charge in [-0.05, 0) is 30.3 Å². The van der Waals surface area contributed by atoms with Gasteiger partial charge in [0, 0.05) is 37.8 Å². The topological polar surface area (TPSA) is 61.5 Å². The third kappa shape index (κ3) is 3.78. The molecule has 3 aromatic rings. The maximum Gasteiger partial charge on any atom is 0.254 e. The van der Waals surface area contributed by atoms with E-state index in [1.165, 1.54) is 12.1 Å². The molecule has 4 rings (SSSR count). The first-order valence-corrected chi connectivity index (χ1v) is 8.92. The highest BCUT2D eigenvalue weighted by atomic mass is 19.1. The Morgan fingerprint density at radius 1 is 1.19 bits per heavy atom. The molecular formula is C20H21FN4O2. The molecule has 2 aromatic carbocycles. The Kier molecular flexibility index (Phi) is 4.77. The zero-order chi connectivity index (χ0) is 18.8. The van der Waals surface area contributed by atoms with Crippen LogP contribution in [-0.2, 0) is 6.54 Å². The number of benzene rings is 2. The Labute approximate surface area is 156 Å². The van der Waals surface area contributed by atoms with Crippen LogP contribution in [0.2, 0.25) is 0 Å². The molecule has 1 saturated heterocycles. The van der Waals surface area contributed by atoms with Crippen LogP contribution in [-0.4, -0.2) is 59.0 Å². The fourth-order valence-electron chi connectivity index (χ4n) is 3.37. The Bertz CT molecular complexity index is 964. The van der Waals surface area contributed by atoms with E-state index in [1.807, 2.05) is 18.2 Å². The number of nitrogens with zero attached hydrogens (tertiary/aromatic N) is 3. The SMILES string of the molecule is COc1ccc2nc(CN3CCN(C(=O)c4cccc(F)c4)CC3)[nH]c2c1. The molecule has 27 heavy (non-hydrogen) atoms. The van der Waals surface area contributed by atoms with E-state index in [0.29, 0.717) is 25.2 Å². The number of rotatable bonds is 4. The normalized spacial score (nSPS) is 15.3. The smallest absolute Gasteiger partial charge is 0.254 e. The van der Waals surface area contributed by atoms with E-state index in [2.05, 4.69) is 14.9 Å². The van der Waals surface area contributed by atoms with Crippen LogP contribution in [0.3, 0.4) is 0 Å². The van der Waals surface area contributed by atoms with Gasteiger partial charge < -0.3 is 14.6 Å². The molecule has 2 heterocycles. The number of hydrogen-bond donors (Lipinski definition) is 1. The number of H-pyrrole nitrogens is 1. The summed E-state index contributed by atoms with van der Waals surface area (Å²) in [5.74, 6) is 1.18. The standard InChI is InChI=1S/C20H21FN4O2/c1-27-16-5-6-17-18(12-16)23-19(22-17)13-24-7-9-25(10-8-24)20(26)14-3-2-4-15(21)11-14/h2-6,11-12H,7-10,13H2,1H3,(H,22,23). The second-order valence-electron chi connectivity index (χ2n) is 6.65. The molecule has 0 atom stereocenters. The highest BCUT2D eigenvalue weighted by molar-refractivity contribution is 5.94. The molecule has 1 aliphatic rings. The van der Waals surface area contributed by atoms with Gasteiger partial charge in [0.1, 0.15) is 17.4 Å². The van der Waals surface area contributed by atoms with E-state index >= 15 is 0 Å². The first-order valence-electron chi connectivity index (χ1n) is 8.92. The van der Waals surface area contributed by atoms with Crippen LogP contribution in [0, 0.1) is 5.82 Å². The Balaban J connectivity index is 1.37. The first kappa shape index (κ1) is 17.5. The molecule has 0 radical (unpaired) electrons. The highest BCUT2D eigenvalue weighted by Gasteiger charge is 2.23. The number of piperazine rings is 1. The van der Waals surface area contributed by atoms with Crippen molar-refractivity contribution >= 4 is 16.9 Å². The molecule has 0 saturated carbocycles. The van der Waals surface area contributed by atoms with Crippen molar-refractivity contribution < 1.29 is 13.9 Å². The van der Waals surface area contributed by atoms with Crippen molar-refractivity contribution in [1.29, 1.82) is 0 Å². The molecule has 0 bridgehead atoms. The minimum absolute atomic E-state index is 0.120. The second-order valence-corrected chi connectivity index (χ2v) is 6.65. The van der Waals surface area contributed by atoms with Gasteiger partial charge in [-0.2, -0.15) is 0 Å². The predicted octanol–water partition coefficient (Wildman–Crippen LogP) is 2.67. The van der Waals surface area contributed by atoms with E-state index in [4.69, 9.17) is 4.74 Å². The molecule has 0 unspecified atom stereocenters. The molecule has 1 amide bonds. The maximum atomic E-state index is 13.3. The van der Waals surface area contributed by atoms with Crippen molar-refractivity contribution in [3.8, 4) is 5.75 Å². The third-order valence-corrected chi connectivity index (χ3v) is 4.84. The lowest BCUT2D eigenvalue weighted by molar-refractivity contribution is 0.0625. The monoisotopic (exact) mass is 368 g/mol. The number of carbonyl (C=O) groups excluding carboxylic acids is 1. The number of carbonyl (C=O) groups is 1. The van der Waals surface area contributed by atoms with Crippen molar-refractivity contribution in [2.45, 2.75) is 6.54 Å². The summed E-state index contributed by atoms with van der Waals surface area (Å²) in [6.07, 6.45) is 0. The number of nitrogens with one attached hydrogen (secondary N) is 1.